The third-order valence-electron chi connectivity index (χ3n) is 2.00. The fourth-order valence-electron chi connectivity index (χ4n) is 1.18. The molecule has 13 heavy (non-hydrogen) atoms. The molecule has 0 aliphatic heterocycles. The Hall–Kier alpha value is -1.51. The Kier molecular flexibility index (Phi) is 2.90. The predicted octanol–water partition coefficient (Wildman–Crippen LogP) is 1.40. The topological polar surface area (TPSA) is 41.1 Å². The second kappa shape index (κ2) is 3.94. The predicted molar refractivity (Wildman–Crippen MR) is 54.1 cm³/mol. The molecular weight excluding hydrogens is 164 g/mol. The number of nitrogens with one attached hydrogen (secondary N) is 2. The van der Waals surface area contributed by atoms with Crippen LogP contribution < -0.4 is 10.6 Å². The highest BCUT2D eigenvalue weighted by atomic mass is 16.1. The van der Waals surface area contributed by atoms with Crippen LogP contribution in [-0.4, -0.2) is 20.0 Å². The van der Waals surface area contributed by atoms with E-state index in [0.29, 0.717) is 5.56 Å². The lowest BCUT2D eigenvalue weighted by Gasteiger charge is -2.06. The van der Waals surface area contributed by atoms with Gasteiger partial charge in [0, 0.05) is 25.3 Å². The minimum atomic E-state index is -0.0588. The molecule has 1 aromatic carbocycles. The molecule has 0 saturated carbocycles. The molecule has 0 radical (unpaired) electrons. The first-order valence-electron chi connectivity index (χ1n) is 4.19. The van der Waals surface area contributed by atoms with Gasteiger partial charge >= 0.3 is 0 Å². The zero-order valence-electron chi connectivity index (χ0n) is 8.14. The van der Waals surface area contributed by atoms with E-state index in [1.807, 2.05) is 32.2 Å². The summed E-state index contributed by atoms with van der Waals surface area (Å²) in [5, 5.41) is 5.62. The van der Waals surface area contributed by atoms with Gasteiger partial charge in [0.2, 0.25) is 0 Å². The Morgan fingerprint density at radius 2 is 2.00 bits per heavy atom. The van der Waals surface area contributed by atoms with Crippen molar-refractivity contribution in [1.29, 1.82) is 0 Å². The van der Waals surface area contributed by atoms with Gasteiger partial charge in [-0.15, -0.1) is 0 Å². The van der Waals surface area contributed by atoms with E-state index in [9.17, 15) is 4.79 Å². The van der Waals surface area contributed by atoms with Gasteiger partial charge in [0.05, 0.1) is 0 Å². The average Bonchev–Trinajstić information content (AvgIpc) is 2.17. The number of hydrogen-bond acceptors (Lipinski definition) is 2. The van der Waals surface area contributed by atoms with Crippen LogP contribution in [0.25, 0.3) is 0 Å². The average molecular weight is 178 g/mol. The third kappa shape index (κ3) is 1.99. The summed E-state index contributed by atoms with van der Waals surface area (Å²) in [5.41, 5.74) is 2.80. The van der Waals surface area contributed by atoms with E-state index >= 15 is 0 Å². The van der Waals surface area contributed by atoms with Gasteiger partial charge in [0.25, 0.3) is 5.91 Å². The molecule has 70 valence electrons. The van der Waals surface area contributed by atoms with Crippen molar-refractivity contribution >= 4 is 11.6 Å². The molecule has 3 heteroatoms. The number of benzene rings is 1. The smallest absolute Gasteiger partial charge is 0.251 e. The van der Waals surface area contributed by atoms with Gasteiger partial charge in [-0.1, -0.05) is 6.07 Å². The summed E-state index contributed by atoms with van der Waals surface area (Å²) in [6.07, 6.45) is 0. The number of aryl methyl sites for hydroxylation is 1. The maximum absolute atomic E-state index is 11.3. The molecule has 3 nitrogen and oxygen atoms in total. The molecule has 0 atom stereocenters. The second-order valence-electron chi connectivity index (χ2n) is 2.86. The van der Waals surface area contributed by atoms with E-state index in [1.54, 1.807) is 7.05 Å². The standard InChI is InChI=1S/C10H14N2O/c1-7-4-5-8(10(13)12-3)6-9(7)11-2/h4-6,11H,1-3H3,(H,12,13). The molecule has 0 saturated heterocycles. The van der Waals surface area contributed by atoms with Crippen LogP contribution in [0.4, 0.5) is 5.69 Å². The molecule has 1 amide bonds. The fourth-order valence-corrected chi connectivity index (χ4v) is 1.18. The van der Waals surface area contributed by atoms with Gasteiger partial charge in [-0.2, -0.15) is 0 Å². The third-order valence-corrected chi connectivity index (χ3v) is 2.00. The number of carbonyl (C=O) groups excluding carboxylic acids is 1. The van der Waals surface area contributed by atoms with Gasteiger partial charge in [-0.25, -0.2) is 0 Å². The molecule has 0 heterocycles. The van der Waals surface area contributed by atoms with Crippen LogP contribution in [0.3, 0.4) is 0 Å². The summed E-state index contributed by atoms with van der Waals surface area (Å²) in [7, 11) is 3.47. The SMILES string of the molecule is CNC(=O)c1ccc(C)c(NC)c1. The Labute approximate surface area is 78.2 Å². The number of rotatable bonds is 2. The Morgan fingerprint density at radius 3 is 2.54 bits per heavy atom. The quantitative estimate of drug-likeness (QED) is 0.718. The Balaban J connectivity index is 3.06. The normalized spacial score (nSPS) is 9.46. The molecule has 0 spiro atoms. The van der Waals surface area contributed by atoms with Crippen molar-refractivity contribution in [3.05, 3.63) is 29.3 Å². The number of carbonyl (C=O) groups is 1. The van der Waals surface area contributed by atoms with E-state index in [0.717, 1.165) is 11.3 Å². The lowest BCUT2D eigenvalue weighted by molar-refractivity contribution is 0.0963. The highest BCUT2D eigenvalue weighted by Gasteiger charge is 2.04. The monoisotopic (exact) mass is 178 g/mol. The highest BCUT2D eigenvalue weighted by Crippen LogP contribution is 2.15. The lowest BCUT2D eigenvalue weighted by Crippen LogP contribution is -2.17. The molecule has 0 aliphatic rings. The Morgan fingerprint density at radius 1 is 1.31 bits per heavy atom. The molecule has 0 bridgehead atoms. The van der Waals surface area contributed by atoms with Crippen LogP contribution in [0, 0.1) is 6.92 Å². The van der Waals surface area contributed by atoms with Crippen molar-refractivity contribution < 1.29 is 4.79 Å². The van der Waals surface area contributed by atoms with Crippen molar-refractivity contribution in [2.24, 2.45) is 0 Å². The van der Waals surface area contributed by atoms with Gasteiger partial charge in [-0.3, -0.25) is 4.79 Å². The van der Waals surface area contributed by atoms with Crippen LogP contribution in [0.2, 0.25) is 0 Å². The van der Waals surface area contributed by atoms with Gasteiger partial charge in [0.15, 0.2) is 0 Å². The summed E-state index contributed by atoms with van der Waals surface area (Å²) < 4.78 is 0. The molecule has 2 N–H and O–H groups in total. The van der Waals surface area contributed by atoms with Crippen LogP contribution in [0.1, 0.15) is 15.9 Å². The molecule has 0 unspecified atom stereocenters. The Bertz CT molecular complexity index is 321. The van der Waals surface area contributed by atoms with Crippen molar-refractivity contribution in [2.75, 3.05) is 19.4 Å². The van der Waals surface area contributed by atoms with Crippen LogP contribution in [-0.2, 0) is 0 Å². The number of amides is 1. The molecular formula is C10H14N2O. The summed E-state index contributed by atoms with van der Waals surface area (Å²) in [6.45, 7) is 2.00. The largest absolute Gasteiger partial charge is 0.388 e. The molecule has 1 rings (SSSR count). The van der Waals surface area contributed by atoms with Crippen LogP contribution in [0.15, 0.2) is 18.2 Å². The summed E-state index contributed by atoms with van der Waals surface area (Å²) >= 11 is 0. The molecule has 0 aromatic heterocycles. The first-order chi connectivity index (χ1) is 6.19. The maximum atomic E-state index is 11.3. The van der Waals surface area contributed by atoms with Crippen molar-refractivity contribution in [2.45, 2.75) is 6.92 Å². The van der Waals surface area contributed by atoms with E-state index < -0.39 is 0 Å². The zero-order chi connectivity index (χ0) is 9.84. The van der Waals surface area contributed by atoms with Crippen molar-refractivity contribution in [1.82, 2.24) is 5.32 Å². The van der Waals surface area contributed by atoms with E-state index in [2.05, 4.69) is 10.6 Å². The lowest BCUT2D eigenvalue weighted by atomic mass is 10.1. The summed E-state index contributed by atoms with van der Waals surface area (Å²) in [5.74, 6) is -0.0588. The number of hydrogen-bond donors (Lipinski definition) is 2. The minimum Gasteiger partial charge on any atom is -0.388 e. The molecule has 1 aromatic rings. The zero-order valence-corrected chi connectivity index (χ0v) is 8.14. The van der Waals surface area contributed by atoms with Gasteiger partial charge in [-0.05, 0) is 24.6 Å². The van der Waals surface area contributed by atoms with Crippen molar-refractivity contribution in [3.63, 3.8) is 0 Å². The summed E-state index contributed by atoms with van der Waals surface area (Å²) in [4.78, 5) is 11.3. The molecule has 0 fully saturated rings. The number of anilines is 1. The van der Waals surface area contributed by atoms with Crippen LogP contribution in [0.5, 0.6) is 0 Å². The second-order valence-corrected chi connectivity index (χ2v) is 2.86. The minimum absolute atomic E-state index is 0.0588. The van der Waals surface area contributed by atoms with Crippen molar-refractivity contribution in [3.8, 4) is 0 Å². The highest BCUT2D eigenvalue weighted by molar-refractivity contribution is 5.95. The van der Waals surface area contributed by atoms with E-state index in [4.69, 9.17) is 0 Å². The molecule has 0 aliphatic carbocycles. The maximum Gasteiger partial charge on any atom is 0.251 e. The summed E-state index contributed by atoms with van der Waals surface area (Å²) in [6, 6.07) is 5.58. The first-order valence-corrected chi connectivity index (χ1v) is 4.19. The van der Waals surface area contributed by atoms with Crippen LogP contribution >= 0.6 is 0 Å². The van der Waals surface area contributed by atoms with E-state index in [-0.39, 0.29) is 5.91 Å². The van der Waals surface area contributed by atoms with E-state index in [1.165, 1.54) is 0 Å². The fraction of sp³-hybridized carbons (Fsp3) is 0.300. The first kappa shape index (κ1) is 9.58. The van der Waals surface area contributed by atoms with Gasteiger partial charge < -0.3 is 10.6 Å². The van der Waals surface area contributed by atoms with Gasteiger partial charge in [0.1, 0.15) is 0 Å².